The lowest BCUT2D eigenvalue weighted by Gasteiger charge is -2.33. The minimum absolute atomic E-state index is 0. The molecule has 1 aromatic heterocycles. The van der Waals surface area contributed by atoms with Crippen LogP contribution in [-0.4, -0.2) is 52.7 Å². The van der Waals surface area contributed by atoms with Crippen LogP contribution in [0.25, 0.3) is 0 Å². The maximum Gasteiger partial charge on any atom is 0.193 e. The second-order valence-electron chi connectivity index (χ2n) is 7.27. The van der Waals surface area contributed by atoms with Gasteiger partial charge in [-0.25, -0.2) is 4.98 Å². The zero-order valence-corrected chi connectivity index (χ0v) is 17.1. The summed E-state index contributed by atoms with van der Waals surface area (Å²) >= 11 is 0. The predicted molar refractivity (Wildman–Crippen MR) is 105 cm³/mol. The molecule has 2 heterocycles. The molecule has 0 unspecified atom stereocenters. The highest BCUT2D eigenvalue weighted by atomic mass is 127. The molecule has 0 aliphatic carbocycles. The number of nitrogens with zero attached hydrogens (tertiary/aromatic N) is 4. The summed E-state index contributed by atoms with van der Waals surface area (Å²) < 4.78 is 0. The first-order chi connectivity index (χ1) is 10.5. The molecule has 132 valence electrons. The molecule has 7 heteroatoms. The zero-order chi connectivity index (χ0) is 16.0. The fourth-order valence-electron chi connectivity index (χ4n) is 2.93. The lowest BCUT2D eigenvalue weighted by molar-refractivity contribution is 0.297. The highest BCUT2D eigenvalue weighted by Gasteiger charge is 2.24. The van der Waals surface area contributed by atoms with Crippen molar-refractivity contribution in [2.75, 3.05) is 26.7 Å². The van der Waals surface area contributed by atoms with Crippen LogP contribution in [0, 0.1) is 5.41 Å². The van der Waals surface area contributed by atoms with Crippen LogP contribution in [0.15, 0.2) is 11.3 Å². The van der Waals surface area contributed by atoms with Gasteiger partial charge in [0.05, 0.1) is 0 Å². The van der Waals surface area contributed by atoms with Crippen LogP contribution in [0.3, 0.4) is 0 Å². The molecule has 0 atom stereocenters. The van der Waals surface area contributed by atoms with Crippen LogP contribution >= 0.6 is 24.0 Å². The summed E-state index contributed by atoms with van der Waals surface area (Å²) in [5.41, 5.74) is 0.403. The van der Waals surface area contributed by atoms with E-state index in [1.54, 1.807) is 6.33 Å². The standard InChI is InChI=1S/C16H30N6.HI/c1-16(2,3)8-5-9-18-15(17-4)22-10-6-13(7-11-22)14-19-12-20-21-14;/h12-13H,5-11H2,1-4H3,(H,17,18)(H,19,20,21);1H. The summed E-state index contributed by atoms with van der Waals surface area (Å²) in [6, 6.07) is 0. The van der Waals surface area contributed by atoms with E-state index in [0.717, 1.165) is 44.3 Å². The van der Waals surface area contributed by atoms with Gasteiger partial charge < -0.3 is 10.2 Å². The Balaban J connectivity index is 0.00000264. The summed E-state index contributed by atoms with van der Waals surface area (Å²) in [6.45, 7) is 9.89. The minimum Gasteiger partial charge on any atom is -0.356 e. The molecule has 2 N–H and O–H groups in total. The molecule has 0 radical (unpaired) electrons. The third-order valence-electron chi connectivity index (χ3n) is 4.21. The quantitative estimate of drug-likeness (QED) is 0.331. The first-order valence-electron chi connectivity index (χ1n) is 8.30. The van der Waals surface area contributed by atoms with Crippen LogP contribution in [-0.2, 0) is 0 Å². The van der Waals surface area contributed by atoms with E-state index >= 15 is 0 Å². The van der Waals surface area contributed by atoms with Gasteiger partial charge in [0.2, 0.25) is 0 Å². The second kappa shape index (κ2) is 9.44. The Morgan fingerprint density at radius 1 is 1.39 bits per heavy atom. The SMILES string of the molecule is CN=C(NCCCC(C)(C)C)N1CCC(c2ncn[nH]2)CC1.I. The molecule has 1 fully saturated rings. The van der Waals surface area contributed by atoms with E-state index in [1.165, 1.54) is 12.8 Å². The molecular formula is C16H31IN6. The molecule has 23 heavy (non-hydrogen) atoms. The molecule has 1 aliphatic rings. The maximum atomic E-state index is 4.43. The van der Waals surface area contributed by atoms with Crippen LogP contribution in [0.1, 0.15) is 58.2 Å². The highest BCUT2D eigenvalue weighted by Crippen LogP contribution is 2.25. The number of piperidine rings is 1. The molecule has 6 nitrogen and oxygen atoms in total. The molecule has 0 bridgehead atoms. The number of aliphatic imine (C=N–C) groups is 1. The Labute approximate surface area is 157 Å². The first kappa shape index (κ1) is 20.2. The zero-order valence-electron chi connectivity index (χ0n) is 14.8. The van der Waals surface area contributed by atoms with Crippen LogP contribution < -0.4 is 5.32 Å². The fourth-order valence-corrected chi connectivity index (χ4v) is 2.93. The number of nitrogens with one attached hydrogen (secondary N) is 2. The average Bonchev–Trinajstić information content (AvgIpc) is 3.01. The van der Waals surface area contributed by atoms with Gasteiger partial charge in [0, 0.05) is 32.6 Å². The van der Waals surface area contributed by atoms with Gasteiger partial charge in [0.15, 0.2) is 5.96 Å². The number of rotatable bonds is 4. The number of likely N-dealkylation sites (tertiary alicyclic amines) is 1. The van der Waals surface area contributed by atoms with Crippen molar-refractivity contribution < 1.29 is 0 Å². The van der Waals surface area contributed by atoms with E-state index in [4.69, 9.17) is 0 Å². The highest BCUT2D eigenvalue weighted by molar-refractivity contribution is 14.0. The Hall–Kier alpha value is -0.860. The van der Waals surface area contributed by atoms with Gasteiger partial charge in [0.25, 0.3) is 0 Å². The largest absolute Gasteiger partial charge is 0.356 e. The van der Waals surface area contributed by atoms with Crippen LogP contribution in [0.5, 0.6) is 0 Å². The molecular weight excluding hydrogens is 403 g/mol. The van der Waals surface area contributed by atoms with Crippen LogP contribution in [0.2, 0.25) is 0 Å². The number of H-pyrrole nitrogens is 1. The number of hydrogen-bond donors (Lipinski definition) is 2. The summed E-state index contributed by atoms with van der Waals surface area (Å²) in [5.74, 6) is 2.55. The van der Waals surface area contributed by atoms with Crippen molar-refractivity contribution in [1.82, 2.24) is 25.4 Å². The van der Waals surface area contributed by atoms with Gasteiger partial charge in [-0.1, -0.05) is 20.8 Å². The molecule has 0 saturated carbocycles. The molecule has 1 aromatic rings. The van der Waals surface area contributed by atoms with Crippen molar-refractivity contribution >= 4 is 29.9 Å². The third kappa shape index (κ3) is 6.64. The van der Waals surface area contributed by atoms with Crippen molar-refractivity contribution in [3.8, 4) is 0 Å². The molecule has 0 spiro atoms. The normalized spacial score (nSPS) is 17.0. The van der Waals surface area contributed by atoms with Gasteiger partial charge in [-0.3, -0.25) is 10.1 Å². The molecule has 1 saturated heterocycles. The lowest BCUT2D eigenvalue weighted by atomic mass is 9.91. The number of hydrogen-bond acceptors (Lipinski definition) is 3. The lowest BCUT2D eigenvalue weighted by Crippen LogP contribution is -2.45. The number of guanidine groups is 1. The monoisotopic (exact) mass is 434 g/mol. The van der Waals surface area contributed by atoms with E-state index < -0.39 is 0 Å². The molecule has 1 aliphatic heterocycles. The fraction of sp³-hybridized carbons (Fsp3) is 0.812. The summed E-state index contributed by atoms with van der Waals surface area (Å²) in [5, 5.41) is 10.4. The van der Waals surface area contributed by atoms with Crippen LogP contribution in [0.4, 0.5) is 0 Å². The van der Waals surface area contributed by atoms with Crippen molar-refractivity contribution in [2.24, 2.45) is 10.4 Å². The van der Waals surface area contributed by atoms with E-state index in [-0.39, 0.29) is 24.0 Å². The smallest absolute Gasteiger partial charge is 0.193 e. The number of halogens is 1. The van der Waals surface area contributed by atoms with E-state index in [1.807, 2.05) is 7.05 Å². The Bertz CT molecular complexity index is 457. The van der Waals surface area contributed by atoms with Gasteiger partial charge in [-0.2, -0.15) is 5.10 Å². The van der Waals surface area contributed by atoms with Gasteiger partial charge >= 0.3 is 0 Å². The minimum atomic E-state index is 0. The van der Waals surface area contributed by atoms with Gasteiger partial charge in [-0.15, -0.1) is 24.0 Å². The van der Waals surface area contributed by atoms with E-state index in [0.29, 0.717) is 11.3 Å². The van der Waals surface area contributed by atoms with Crippen molar-refractivity contribution in [1.29, 1.82) is 0 Å². The maximum absolute atomic E-state index is 4.43. The van der Waals surface area contributed by atoms with Crippen molar-refractivity contribution in [3.05, 3.63) is 12.2 Å². The van der Waals surface area contributed by atoms with Gasteiger partial charge in [-0.05, 0) is 31.1 Å². The Morgan fingerprint density at radius 3 is 2.61 bits per heavy atom. The summed E-state index contributed by atoms with van der Waals surface area (Å²) in [4.78, 5) is 11.1. The average molecular weight is 434 g/mol. The van der Waals surface area contributed by atoms with Crippen molar-refractivity contribution in [2.45, 2.75) is 52.4 Å². The second-order valence-corrected chi connectivity index (χ2v) is 7.27. The summed E-state index contributed by atoms with van der Waals surface area (Å²) in [7, 11) is 1.87. The first-order valence-corrected chi connectivity index (χ1v) is 8.30. The van der Waals surface area contributed by atoms with Crippen molar-refractivity contribution in [3.63, 3.8) is 0 Å². The summed E-state index contributed by atoms with van der Waals surface area (Å²) in [6.07, 6.45) is 6.19. The topological polar surface area (TPSA) is 69.2 Å². The Morgan fingerprint density at radius 2 is 2.09 bits per heavy atom. The van der Waals surface area contributed by atoms with E-state index in [2.05, 4.69) is 51.2 Å². The third-order valence-corrected chi connectivity index (χ3v) is 4.21. The number of aromatic nitrogens is 3. The Kier molecular flexibility index (Phi) is 8.28. The number of aromatic amines is 1. The van der Waals surface area contributed by atoms with Gasteiger partial charge in [0.1, 0.15) is 12.2 Å². The molecule has 2 rings (SSSR count). The molecule has 0 amide bonds. The van der Waals surface area contributed by atoms with E-state index in [9.17, 15) is 0 Å². The molecule has 0 aromatic carbocycles. The predicted octanol–water partition coefficient (Wildman–Crippen LogP) is 3.00.